The van der Waals surface area contributed by atoms with Gasteiger partial charge in [0.1, 0.15) is 17.1 Å². The molecule has 0 fully saturated rings. The minimum atomic E-state index is -0.601. The largest absolute Gasteiger partial charge is 0.444 e. The molecular formula is C23H22BrFN4O3. The second-order valence-electron chi connectivity index (χ2n) is 8.41. The van der Waals surface area contributed by atoms with Crippen LogP contribution in [0.1, 0.15) is 31.9 Å². The monoisotopic (exact) mass is 500 g/mol. The van der Waals surface area contributed by atoms with E-state index in [0.717, 1.165) is 20.9 Å². The quantitative estimate of drug-likeness (QED) is 0.352. The lowest BCUT2D eigenvalue weighted by Crippen LogP contribution is -2.32. The van der Waals surface area contributed by atoms with Gasteiger partial charge in [-0.25, -0.2) is 9.18 Å². The number of ether oxygens (including phenoxy) is 1. The molecule has 166 valence electrons. The van der Waals surface area contributed by atoms with E-state index in [1.54, 1.807) is 32.9 Å². The van der Waals surface area contributed by atoms with Crippen molar-refractivity contribution in [1.82, 2.24) is 20.4 Å². The van der Waals surface area contributed by atoms with Gasteiger partial charge in [-0.2, -0.15) is 4.98 Å². The number of carbonyl (C=O) groups excluding carboxylic acids is 1. The minimum Gasteiger partial charge on any atom is -0.444 e. The number of benzene rings is 2. The normalized spacial score (nSPS) is 11.7. The molecule has 0 aliphatic rings. The Morgan fingerprint density at radius 3 is 2.75 bits per heavy atom. The number of aromatic nitrogens is 3. The van der Waals surface area contributed by atoms with Crippen LogP contribution in [0.4, 0.5) is 9.18 Å². The molecule has 2 aromatic carbocycles. The number of rotatable bonds is 4. The Hall–Kier alpha value is -3.20. The zero-order valence-corrected chi connectivity index (χ0v) is 19.6. The van der Waals surface area contributed by atoms with Crippen LogP contribution in [0.2, 0.25) is 0 Å². The third-order valence-electron chi connectivity index (χ3n) is 4.77. The van der Waals surface area contributed by atoms with Crippen LogP contribution in [-0.2, 0) is 11.3 Å². The molecule has 2 N–H and O–H groups in total. The Bertz CT molecular complexity index is 1310. The number of fused-ring (bicyclic) bond motifs is 1. The van der Waals surface area contributed by atoms with Gasteiger partial charge in [-0.3, -0.25) is 0 Å². The number of amides is 1. The third kappa shape index (κ3) is 4.67. The zero-order valence-electron chi connectivity index (χ0n) is 18.0. The Morgan fingerprint density at radius 2 is 2.03 bits per heavy atom. The van der Waals surface area contributed by atoms with Crippen molar-refractivity contribution < 1.29 is 18.4 Å². The maximum Gasteiger partial charge on any atom is 0.407 e. The minimum absolute atomic E-state index is 0.133. The van der Waals surface area contributed by atoms with E-state index in [4.69, 9.17) is 9.26 Å². The topological polar surface area (TPSA) is 93.0 Å². The summed E-state index contributed by atoms with van der Waals surface area (Å²) >= 11 is 3.52. The van der Waals surface area contributed by atoms with Crippen LogP contribution in [-0.4, -0.2) is 26.8 Å². The number of aromatic amines is 1. The molecule has 2 aromatic heterocycles. The Labute approximate surface area is 192 Å². The number of nitrogens with one attached hydrogen (secondary N) is 2. The van der Waals surface area contributed by atoms with Crippen LogP contribution in [0.5, 0.6) is 0 Å². The van der Waals surface area contributed by atoms with Crippen molar-refractivity contribution in [1.29, 1.82) is 0 Å². The Morgan fingerprint density at radius 1 is 1.25 bits per heavy atom. The summed E-state index contributed by atoms with van der Waals surface area (Å²) in [4.78, 5) is 19.4. The maximum absolute atomic E-state index is 14.7. The van der Waals surface area contributed by atoms with Gasteiger partial charge in [-0.1, -0.05) is 27.2 Å². The van der Waals surface area contributed by atoms with Crippen LogP contribution in [0.15, 0.2) is 45.4 Å². The Balaban J connectivity index is 1.52. The van der Waals surface area contributed by atoms with Gasteiger partial charge in [0.2, 0.25) is 5.82 Å². The highest BCUT2D eigenvalue weighted by Gasteiger charge is 2.18. The van der Waals surface area contributed by atoms with E-state index in [2.05, 4.69) is 36.4 Å². The zero-order chi connectivity index (χ0) is 23.0. The van der Waals surface area contributed by atoms with E-state index >= 15 is 0 Å². The number of alkyl carbamates (subject to hydrolysis) is 1. The summed E-state index contributed by atoms with van der Waals surface area (Å²) in [6.07, 6.45) is -0.564. The molecule has 9 heteroatoms. The molecule has 7 nitrogen and oxygen atoms in total. The van der Waals surface area contributed by atoms with E-state index in [1.165, 1.54) is 6.07 Å². The molecule has 1 amide bonds. The molecule has 0 aliphatic heterocycles. The molecule has 2 heterocycles. The van der Waals surface area contributed by atoms with Crippen LogP contribution in [0.25, 0.3) is 33.9 Å². The number of nitrogens with zero attached hydrogens (tertiary/aromatic N) is 2. The highest BCUT2D eigenvalue weighted by atomic mass is 79.9. The predicted octanol–water partition coefficient (Wildman–Crippen LogP) is 6.12. The number of carbonyl (C=O) groups is 1. The highest BCUT2D eigenvalue weighted by Crippen LogP contribution is 2.31. The number of hydrogen-bond donors (Lipinski definition) is 2. The highest BCUT2D eigenvalue weighted by molar-refractivity contribution is 9.10. The Kier molecular flexibility index (Phi) is 5.77. The molecule has 32 heavy (non-hydrogen) atoms. The molecule has 0 atom stereocenters. The average molecular weight is 501 g/mol. The molecule has 0 bridgehead atoms. The van der Waals surface area contributed by atoms with Crippen LogP contribution >= 0.6 is 15.9 Å². The fourth-order valence-electron chi connectivity index (χ4n) is 3.22. The summed E-state index contributed by atoms with van der Waals surface area (Å²) in [7, 11) is 0. The van der Waals surface area contributed by atoms with Crippen molar-refractivity contribution in [3.05, 3.63) is 57.8 Å². The molecule has 0 spiro atoms. The van der Waals surface area contributed by atoms with E-state index in [1.807, 2.05) is 25.1 Å². The third-order valence-corrected chi connectivity index (χ3v) is 5.63. The van der Waals surface area contributed by atoms with E-state index in [-0.39, 0.29) is 23.8 Å². The summed E-state index contributed by atoms with van der Waals surface area (Å²) in [6.45, 7) is 7.47. The predicted molar refractivity (Wildman–Crippen MR) is 122 cm³/mol. The standard InChI is InChI=1S/C23H22BrFN4O3/c1-12-15-10-19(27-18(15)8-7-16(12)24)21-28-20(29-32-21)14-6-5-13(9-17(14)25)11-26-22(30)31-23(2,3)4/h5-10,27H,11H2,1-4H3,(H,26,30). The van der Waals surface area contributed by atoms with Crippen molar-refractivity contribution in [3.8, 4) is 23.0 Å². The number of aryl methyl sites for hydroxylation is 1. The van der Waals surface area contributed by atoms with E-state index in [9.17, 15) is 9.18 Å². The number of H-pyrrole nitrogens is 1. The second-order valence-corrected chi connectivity index (χ2v) is 9.26. The first-order valence-corrected chi connectivity index (χ1v) is 10.8. The summed E-state index contributed by atoms with van der Waals surface area (Å²) < 4.78 is 26.3. The molecule has 0 radical (unpaired) electrons. The van der Waals surface area contributed by atoms with Crippen LogP contribution in [0.3, 0.4) is 0 Å². The van der Waals surface area contributed by atoms with Crippen LogP contribution in [0, 0.1) is 12.7 Å². The van der Waals surface area contributed by atoms with Gasteiger partial charge < -0.3 is 19.6 Å². The molecule has 0 aliphatic carbocycles. The first-order chi connectivity index (χ1) is 15.1. The summed E-state index contributed by atoms with van der Waals surface area (Å²) in [5.74, 6) is -0.111. The van der Waals surface area contributed by atoms with Gasteiger partial charge in [-0.15, -0.1) is 0 Å². The average Bonchev–Trinajstić information content (AvgIpc) is 3.35. The lowest BCUT2D eigenvalue weighted by atomic mass is 10.1. The van der Waals surface area contributed by atoms with Gasteiger partial charge in [0, 0.05) is 21.9 Å². The first-order valence-electron chi connectivity index (χ1n) is 9.98. The van der Waals surface area contributed by atoms with Crippen molar-refractivity contribution in [2.75, 3.05) is 0 Å². The van der Waals surface area contributed by atoms with Gasteiger partial charge in [0.05, 0.1) is 5.56 Å². The van der Waals surface area contributed by atoms with E-state index < -0.39 is 17.5 Å². The second kappa shape index (κ2) is 8.38. The lowest BCUT2D eigenvalue weighted by molar-refractivity contribution is 0.0523. The molecule has 4 rings (SSSR count). The van der Waals surface area contributed by atoms with Gasteiger partial charge in [0.25, 0.3) is 5.89 Å². The number of hydrogen-bond acceptors (Lipinski definition) is 5. The molecule has 0 saturated carbocycles. The van der Waals surface area contributed by atoms with E-state index in [0.29, 0.717) is 11.3 Å². The maximum atomic E-state index is 14.7. The lowest BCUT2D eigenvalue weighted by Gasteiger charge is -2.19. The van der Waals surface area contributed by atoms with Gasteiger partial charge in [-0.05, 0) is 69.2 Å². The molecule has 0 unspecified atom stereocenters. The van der Waals surface area contributed by atoms with Gasteiger partial charge >= 0.3 is 6.09 Å². The smallest absolute Gasteiger partial charge is 0.407 e. The molecule has 4 aromatic rings. The number of halogens is 2. The van der Waals surface area contributed by atoms with Crippen molar-refractivity contribution in [2.45, 2.75) is 39.8 Å². The first kappa shape index (κ1) is 22.0. The van der Waals surface area contributed by atoms with Crippen molar-refractivity contribution in [3.63, 3.8) is 0 Å². The fourth-order valence-corrected chi connectivity index (χ4v) is 3.56. The van der Waals surface area contributed by atoms with Crippen molar-refractivity contribution >= 4 is 32.9 Å². The van der Waals surface area contributed by atoms with Crippen molar-refractivity contribution in [2.24, 2.45) is 0 Å². The summed E-state index contributed by atoms with van der Waals surface area (Å²) in [6, 6.07) is 10.4. The van der Waals surface area contributed by atoms with Crippen LogP contribution < -0.4 is 5.32 Å². The SMILES string of the molecule is Cc1c(Br)ccc2[nH]c(-c3nc(-c4ccc(CNC(=O)OC(C)(C)C)cc4F)no3)cc12. The van der Waals surface area contributed by atoms with Gasteiger partial charge in [0.15, 0.2) is 0 Å². The fraction of sp³-hybridized carbons (Fsp3) is 0.261. The molecular weight excluding hydrogens is 479 g/mol. The summed E-state index contributed by atoms with van der Waals surface area (Å²) in [5, 5.41) is 7.57. The molecule has 0 saturated heterocycles. The summed E-state index contributed by atoms with van der Waals surface area (Å²) in [5.41, 5.74) is 2.86.